The molecule has 0 aromatic rings. The van der Waals surface area contributed by atoms with Gasteiger partial charge in [-0.3, -0.25) is 4.79 Å². The minimum atomic E-state index is -0.146. The summed E-state index contributed by atoms with van der Waals surface area (Å²) in [4.78, 5) is 10.8. The van der Waals surface area contributed by atoms with Gasteiger partial charge in [-0.05, 0) is 18.8 Å². The Morgan fingerprint density at radius 2 is 2.08 bits per heavy atom. The third-order valence-corrected chi connectivity index (χ3v) is 2.57. The van der Waals surface area contributed by atoms with E-state index in [1.54, 1.807) is 0 Å². The Labute approximate surface area is 80.0 Å². The quantitative estimate of drug-likeness (QED) is 0.495. The topological polar surface area (TPSA) is 26.3 Å². The van der Waals surface area contributed by atoms with Crippen LogP contribution in [-0.2, 0) is 9.53 Å². The average molecular weight is 182 g/mol. The lowest BCUT2D eigenvalue weighted by Gasteiger charge is -2.17. The minimum absolute atomic E-state index is 0.146. The number of esters is 1. The van der Waals surface area contributed by atoms with Crippen molar-refractivity contribution in [2.45, 2.75) is 38.5 Å². The van der Waals surface area contributed by atoms with Crippen LogP contribution in [0.2, 0.25) is 0 Å². The van der Waals surface area contributed by atoms with Crippen molar-refractivity contribution in [3.8, 4) is 0 Å². The van der Waals surface area contributed by atoms with Crippen LogP contribution >= 0.6 is 0 Å². The van der Waals surface area contributed by atoms with Crippen LogP contribution in [0.15, 0.2) is 12.2 Å². The summed E-state index contributed by atoms with van der Waals surface area (Å²) in [6, 6.07) is 0. The standard InChI is InChI=1S/C11H18O2/c1-13-11(12)9-5-8-10-6-3-2-4-7-10/h5,8,10H,2-4,6-7,9H2,1H3/b8-5-. The molecule has 0 radical (unpaired) electrons. The maximum absolute atomic E-state index is 10.8. The highest BCUT2D eigenvalue weighted by Gasteiger charge is 2.09. The Kier molecular flexibility index (Phi) is 4.58. The van der Waals surface area contributed by atoms with E-state index < -0.39 is 0 Å². The van der Waals surface area contributed by atoms with E-state index in [1.165, 1.54) is 39.2 Å². The van der Waals surface area contributed by atoms with Gasteiger partial charge in [-0.2, -0.15) is 0 Å². The fourth-order valence-corrected chi connectivity index (χ4v) is 1.77. The number of rotatable bonds is 3. The third-order valence-electron chi connectivity index (χ3n) is 2.57. The lowest BCUT2D eigenvalue weighted by molar-refractivity contribution is -0.139. The van der Waals surface area contributed by atoms with Crippen LogP contribution in [0.5, 0.6) is 0 Å². The predicted octanol–water partition coefficient (Wildman–Crippen LogP) is 2.69. The van der Waals surface area contributed by atoms with E-state index in [-0.39, 0.29) is 5.97 Å². The number of hydrogen-bond acceptors (Lipinski definition) is 2. The molecule has 0 amide bonds. The summed E-state index contributed by atoms with van der Waals surface area (Å²) in [5, 5.41) is 0. The van der Waals surface area contributed by atoms with Gasteiger partial charge in [0.15, 0.2) is 0 Å². The molecule has 0 aromatic carbocycles. The molecule has 2 heteroatoms. The van der Waals surface area contributed by atoms with E-state index in [0.717, 1.165) is 0 Å². The first kappa shape index (κ1) is 10.3. The largest absolute Gasteiger partial charge is 0.469 e. The van der Waals surface area contributed by atoms with Gasteiger partial charge in [-0.25, -0.2) is 0 Å². The molecule has 13 heavy (non-hydrogen) atoms. The van der Waals surface area contributed by atoms with Gasteiger partial charge in [0.25, 0.3) is 0 Å². The van der Waals surface area contributed by atoms with Gasteiger partial charge in [-0.1, -0.05) is 31.4 Å². The van der Waals surface area contributed by atoms with E-state index >= 15 is 0 Å². The van der Waals surface area contributed by atoms with Gasteiger partial charge in [0.05, 0.1) is 13.5 Å². The number of carbonyl (C=O) groups is 1. The highest BCUT2D eigenvalue weighted by molar-refractivity contribution is 5.70. The molecule has 0 N–H and O–H groups in total. The van der Waals surface area contributed by atoms with E-state index in [2.05, 4.69) is 10.8 Å². The van der Waals surface area contributed by atoms with Crippen molar-refractivity contribution in [1.82, 2.24) is 0 Å². The summed E-state index contributed by atoms with van der Waals surface area (Å²) in [5.74, 6) is 0.561. The van der Waals surface area contributed by atoms with Gasteiger partial charge in [-0.15, -0.1) is 0 Å². The molecule has 1 rings (SSSR count). The van der Waals surface area contributed by atoms with Gasteiger partial charge in [0.2, 0.25) is 0 Å². The van der Waals surface area contributed by atoms with Crippen LogP contribution in [0.3, 0.4) is 0 Å². The number of carbonyl (C=O) groups excluding carboxylic acids is 1. The van der Waals surface area contributed by atoms with E-state index in [1.807, 2.05) is 6.08 Å². The molecule has 1 aliphatic carbocycles. The van der Waals surface area contributed by atoms with Crippen molar-refractivity contribution < 1.29 is 9.53 Å². The predicted molar refractivity (Wildman–Crippen MR) is 52.3 cm³/mol. The first-order valence-corrected chi connectivity index (χ1v) is 5.06. The van der Waals surface area contributed by atoms with Crippen LogP contribution in [0, 0.1) is 5.92 Å². The zero-order valence-electron chi connectivity index (χ0n) is 8.29. The maximum Gasteiger partial charge on any atom is 0.309 e. The zero-order valence-corrected chi connectivity index (χ0v) is 8.29. The van der Waals surface area contributed by atoms with Crippen LogP contribution in [0.4, 0.5) is 0 Å². The molecule has 1 saturated carbocycles. The van der Waals surface area contributed by atoms with Crippen molar-refractivity contribution in [3.05, 3.63) is 12.2 Å². The molecule has 0 atom stereocenters. The maximum atomic E-state index is 10.8. The average Bonchev–Trinajstić information content (AvgIpc) is 2.19. The van der Waals surface area contributed by atoms with Crippen molar-refractivity contribution in [2.75, 3.05) is 7.11 Å². The third kappa shape index (κ3) is 4.11. The van der Waals surface area contributed by atoms with Crippen LogP contribution in [0.1, 0.15) is 38.5 Å². The smallest absolute Gasteiger partial charge is 0.309 e. The second-order valence-corrected chi connectivity index (χ2v) is 3.61. The van der Waals surface area contributed by atoms with Crippen molar-refractivity contribution >= 4 is 5.97 Å². The Hall–Kier alpha value is -0.790. The molecule has 0 spiro atoms. The van der Waals surface area contributed by atoms with Crippen molar-refractivity contribution in [2.24, 2.45) is 5.92 Å². The lowest BCUT2D eigenvalue weighted by atomic mass is 9.89. The summed E-state index contributed by atoms with van der Waals surface area (Å²) in [6.07, 6.45) is 11.2. The molecule has 1 aliphatic rings. The SMILES string of the molecule is COC(=O)C/C=C\C1CCCCC1. The van der Waals surface area contributed by atoms with Gasteiger partial charge >= 0.3 is 5.97 Å². The molecule has 2 nitrogen and oxygen atoms in total. The summed E-state index contributed by atoms with van der Waals surface area (Å²) < 4.78 is 4.55. The van der Waals surface area contributed by atoms with Crippen LogP contribution < -0.4 is 0 Å². The molecule has 0 unspecified atom stereocenters. The Morgan fingerprint density at radius 1 is 1.38 bits per heavy atom. The first-order valence-electron chi connectivity index (χ1n) is 5.06. The monoisotopic (exact) mass is 182 g/mol. The van der Waals surface area contributed by atoms with Gasteiger partial charge < -0.3 is 4.74 Å². The first-order chi connectivity index (χ1) is 6.33. The summed E-state index contributed by atoms with van der Waals surface area (Å²) in [5.41, 5.74) is 0. The van der Waals surface area contributed by atoms with E-state index in [0.29, 0.717) is 12.3 Å². The van der Waals surface area contributed by atoms with Gasteiger partial charge in [0, 0.05) is 0 Å². The molecular weight excluding hydrogens is 164 g/mol. The normalized spacial score (nSPS) is 19.2. The van der Waals surface area contributed by atoms with E-state index in [4.69, 9.17) is 0 Å². The molecule has 74 valence electrons. The van der Waals surface area contributed by atoms with Crippen molar-refractivity contribution in [1.29, 1.82) is 0 Å². The minimum Gasteiger partial charge on any atom is -0.469 e. The highest BCUT2D eigenvalue weighted by Crippen LogP contribution is 2.24. The van der Waals surface area contributed by atoms with Crippen LogP contribution in [-0.4, -0.2) is 13.1 Å². The Morgan fingerprint density at radius 3 is 2.69 bits per heavy atom. The second-order valence-electron chi connectivity index (χ2n) is 3.61. The summed E-state index contributed by atoms with van der Waals surface area (Å²) >= 11 is 0. The van der Waals surface area contributed by atoms with E-state index in [9.17, 15) is 4.79 Å². The number of allylic oxidation sites excluding steroid dienone is 1. The molecular formula is C11H18O2. The summed E-state index contributed by atoms with van der Waals surface area (Å²) in [6.45, 7) is 0. The lowest BCUT2D eigenvalue weighted by Crippen LogP contribution is -2.03. The van der Waals surface area contributed by atoms with Crippen LogP contribution in [0.25, 0.3) is 0 Å². The molecule has 0 bridgehead atoms. The fraction of sp³-hybridized carbons (Fsp3) is 0.727. The Balaban J connectivity index is 2.18. The zero-order chi connectivity index (χ0) is 9.52. The number of methoxy groups -OCH3 is 1. The molecule has 0 aromatic heterocycles. The fourth-order valence-electron chi connectivity index (χ4n) is 1.77. The Bertz CT molecular complexity index is 179. The molecule has 0 aliphatic heterocycles. The highest BCUT2D eigenvalue weighted by atomic mass is 16.5. The van der Waals surface area contributed by atoms with Crippen molar-refractivity contribution in [3.63, 3.8) is 0 Å². The second kappa shape index (κ2) is 5.79. The van der Waals surface area contributed by atoms with Gasteiger partial charge in [0.1, 0.15) is 0 Å². The molecule has 0 saturated heterocycles. The molecule has 0 heterocycles. The molecule has 1 fully saturated rings. The number of hydrogen-bond donors (Lipinski definition) is 0. The summed E-state index contributed by atoms with van der Waals surface area (Å²) in [7, 11) is 1.43. The number of ether oxygens (including phenoxy) is 1.